The van der Waals surface area contributed by atoms with E-state index in [0.717, 1.165) is 38.0 Å². The summed E-state index contributed by atoms with van der Waals surface area (Å²) in [7, 11) is -4.78. The largest absolute Gasteiger partial charge is 0.481 e. The normalized spacial score (nSPS) is 15.6. The number of esters is 2. The van der Waals surface area contributed by atoms with Crippen molar-refractivity contribution in [2.75, 3.05) is 32.2 Å². The Morgan fingerprint density at radius 1 is 0.730 bits per heavy atom. The highest BCUT2D eigenvalue weighted by atomic mass is 32.2. The van der Waals surface area contributed by atoms with Crippen LogP contribution < -0.4 is 5.73 Å². The fourth-order valence-corrected chi connectivity index (χ4v) is 8.05. The molecule has 0 aliphatic rings. The molecule has 0 amide bonds. The monoisotopic (exact) mass is 934 g/mol. The van der Waals surface area contributed by atoms with Crippen LogP contribution in [0.15, 0.2) is 48.6 Å². The molecule has 0 spiro atoms. The maximum Gasteiger partial charge on any atom is 0.472 e. The van der Waals surface area contributed by atoms with E-state index in [1.54, 1.807) is 18.2 Å². The van der Waals surface area contributed by atoms with Crippen molar-refractivity contribution in [3.8, 4) is 0 Å². The van der Waals surface area contributed by atoms with Gasteiger partial charge in [0.25, 0.3) is 0 Å². The molecule has 0 aliphatic carbocycles. The van der Waals surface area contributed by atoms with Crippen molar-refractivity contribution < 1.29 is 62.8 Å². The Balaban J connectivity index is 5.18. The van der Waals surface area contributed by atoms with E-state index < -0.39 is 81.8 Å². The van der Waals surface area contributed by atoms with Crippen molar-refractivity contribution in [1.29, 1.82) is 0 Å². The molecule has 0 aromatic carbocycles. The third-order valence-electron chi connectivity index (χ3n) is 9.91. The second-order valence-corrected chi connectivity index (χ2v) is 19.1. The number of phosphoric acid groups is 1. The quantitative estimate of drug-likeness (QED) is 0.0110. The first-order chi connectivity index (χ1) is 30.2. The number of phosphoric ester groups is 1. The molecule has 14 nitrogen and oxygen atoms in total. The van der Waals surface area contributed by atoms with Gasteiger partial charge in [0, 0.05) is 23.8 Å². The Morgan fingerprint density at radius 3 is 1.97 bits per heavy atom. The van der Waals surface area contributed by atoms with Crippen LogP contribution in [0.1, 0.15) is 162 Å². The van der Waals surface area contributed by atoms with Gasteiger partial charge < -0.3 is 40.5 Å². The molecule has 0 rings (SSSR count). The molecule has 16 heteroatoms. The van der Waals surface area contributed by atoms with Crippen molar-refractivity contribution in [3.05, 3.63) is 48.6 Å². The minimum absolute atomic E-state index is 0.0232. The highest BCUT2D eigenvalue weighted by Gasteiger charge is 2.29. The molecule has 7 N–H and O–H groups in total. The Labute approximate surface area is 383 Å². The zero-order valence-electron chi connectivity index (χ0n) is 38.6. The van der Waals surface area contributed by atoms with Gasteiger partial charge >= 0.3 is 25.7 Å². The van der Waals surface area contributed by atoms with Gasteiger partial charge in [0.1, 0.15) is 18.8 Å². The molecule has 0 aromatic heterocycles. The van der Waals surface area contributed by atoms with Crippen LogP contribution in [-0.2, 0) is 37.5 Å². The molecule has 0 radical (unpaired) electrons. The Morgan fingerprint density at radius 2 is 1.35 bits per heavy atom. The van der Waals surface area contributed by atoms with E-state index in [9.17, 15) is 34.1 Å². The minimum Gasteiger partial charge on any atom is -0.481 e. The molecule has 1 unspecified atom stereocenters. The van der Waals surface area contributed by atoms with Crippen molar-refractivity contribution in [3.63, 3.8) is 0 Å². The van der Waals surface area contributed by atoms with Crippen LogP contribution >= 0.6 is 19.6 Å². The van der Waals surface area contributed by atoms with Crippen molar-refractivity contribution in [2.45, 2.75) is 192 Å². The molecule has 0 aliphatic heterocycles. The van der Waals surface area contributed by atoms with E-state index in [1.807, 2.05) is 18.2 Å². The fourth-order valence-electron chi connectivity index (χ4n) is 6.13. The zero-order chi connectivity index (χ0) is 47.0. The van der Waals surface area contributed by atoms with Gasteiger partial charge in [0.05, 0.1) is 25.9 Å². The molecular formula is C47H84NO13PS. The number of aliphatic carboxylic acids is 1. The van der Waals surface area contributed by atoms with Crippen molar-refractivity contribution in [1.82, 2.24) is 0 Å². The van der Waals surface area contributed by atoms with Crippen LogP contribution in [0, 0.1) is 5.92 Å². The van der Waals surface area contributed by atoms with Gasteiger partial charge in [-0.05, 0) is 44.4 Å². The van der Waals surface area contributed by atoms with Crippen LogP contribution in [0.4, 0.5) is 0 Å². The second-order valence-electron chi connectivity index (χ2n) is 16.5. The van der Waals surface area contributed by atoms with E-state index in [4.69, 9.17) is 29.9 Å². The molecule has 366 valence electrons. The second kappa shape index (κ2) is 41.1. The number of rotatable bonds is 43. The highest BCUT2D eigenvalue weighted by molar-refractivity contribution is 8.00. The molecule has 0 heterocycles. The predicted octanol–water partition coefficient (Wildman–Crippen LogP) is 9.29. The van der Waals surface area contributed by atoms with E-state index in [0.29, 0.717) is 6.42 Å². The van der Waals surface area contributed by atoms with Gasteiger partial charge in [0.15, 0.2) is 6.10 Å². The zero-order valence-corrected chi connectivity index (χ0v) is 40.3. The third kappa shape index (κ3) is 39.7. The van der Waals surface area contributed by atoms with Gasteiger partial charge in [-0.15, -0.1) is 11.8 Å². The summed E-state index contributed by atoms with van der Waals surface area (Å²) in [6.07, 6.45) is 32.7. The van der Waals surface area contributed by atoms with Crippen LogP contribution in [0.5, 0.6) is 0 Å². The number of carboxylic acids is 1. The van der Waals surface area contributed by atoms with Gasteiger partial charge in [-0.25, -0.2) is 4.57 Å². The van der Waals surface area contributed by atoms with Gasteiger partial charge in [-0.2, -0.15) is 0 Å². The van der Waals surface area contributed by atoms with E-state index in [2.05, 4.69) is 37.4 Å². The Hall–Kier alpha value is -2.33. The Kier molecular flexibility index (Phi) is 39.6. The van der Waals surface area contributed by atoms with Gasteiger partial charge in [-0.1, -0.05) is 159 Å². The average molecular weight is 934 g/mol. The fraction of sp³-hybridized carbons (Fsp3) is 0.766. The molecule has 0 fully saturated rings. The maximum absolute atomic E-state index is 13.2. The van der Waals surface area contributed by atoms with Crippen LogP contribution in [0.2, 0.25) is 0 Å². The number of carbonyl (C=O) groups excluding carboxylic acids is 2. The summed E-state index contributed by atoms with van der Waals surface area (Å²) in [5.41, 5.74) is 6.19. The van der Waals surface area contributed by atoms with Gasteiger partial charge in [0.2, 0.25) is 0 Å². The number of hydrogen-bond donors (Lipinski definition) is 6. The maximum atomic E-state index is 13.2. The molecule has 63 heavy (non-hydrogen) atoms. The third-order valence-corrected chi connectivity index (χ3v) is 12.3. The number of nitrogens with two attached hydrogens (primary N) is 1. The minimum atomic E-state index is -4.78. The predicted molar refractivity (Wildman–Crippen MR) is 252 cm³/mol. The molecular weight excluding hydrogens is 850 g/mol. The summed E-state index contributed by atoms with van der Waals surface area (Å²) in [6.45, 7) is 4.09. The number of carbonyl (C=O) groups is 3. The van der Waals surface area contributed by atoms with Crippen molar-refractivity contribution >= 4 is 37.5 Å². The molecule has 6 atom stereocenters. The number of unbranched alkanes of at least 4 members (excludes halogenated alkanes) is 14. The summed E-state index contributed by atoms with van der Waals surface area (Å²) in [5.74, 6) is -1.68. The van der Waals surface area contributed by atoms with Crippen LogP contribution in [0.3, 0.4) is 0 Å². The molecule has 0 bridgehead atoms. The summed E-state index contributed by atoms with van der Waals surface area (Å²) in [6, 6.07) is -1.24. The topological polar surface area (TPSA) is 232 Å². The van der Waals surface area contributed by atoms with Gasteiger partial charge in [-0.3, -0.25) is 23.4 Å². The summed E-state index contributed by atoms with van der Waals surface area (Å²) in [5, 5.41) is 37.9. The molecule has 0 saturated heterocycles. The summed E-state index contributed by atoms with van der Waals surface area (Å²) >= 11 is 1.17. The smallest absolute Gasteiger partial charge is 0.472 e. The van der Waals surface area contributed by atoms with E-state index >= 15 is 0 Å². The van der Waals surface area contributed by atoms with E-state index in [-0.39, 0.29) is 31.4 Å². The lowest BCUT2D eigenvalue weighted by Crippen LogP contribution is -2.40. The number of ether oxygens (including phenoxy) is 2. The molecule has 0 aromatic rings. The first-order valence-corrected chi connectivity index (χ1v) is 25.9. The number of carboxylic acid groups (broad SMARTS) is 1. The first-order valence-electron chi connectivity index (χ1n) is 23.4. The lowest BCUT2D eigenvalue weighted by atomic mass is 10.0. The Bertz CT molecular complexity index is 1330. The summed E-state index contributed by atoms with van der Waals surface area (Å²) < 4.78 is 32.9. The van der Waals surface area contributed by atoms with Crippen LogP contribution in [-0.4, -0.2) is 105 Å². The lowest BCUT2D eigenvalue weighted by molar-refractivity contribution is -0.161. The van der Waals surface area contributed by atoms with E-state index in [1.165, 1.54) is 88.8 Å². The number of allylic oxidation sites excluding steroid dienone is 7. The molecule has 0 saturated carbocycles. The number of hydrogen-bond acceptors (Lipinski definition) is 13. The SMILES string of the molecule is CCCCC/C=C\C\C=C/C=C/C=C/[C@@H](SC[C@H](N)C(=O)O[C@H](COC(=O)CCCCCCCCCCCCCCC(C)C)COP(=O)(O)OC[C@@H](O)CO)[C@@H](O)CCCC(=O)O. The highest BCUT2D eigenvalue weighted by Crippen LogP contribution is 2.43. The summed E-state index contributed by atoms with van der Waals surface area (Å²) in [4.78, 5) is 46.9. The number of aliphatic hydroxyl groups is 3. The number of thioether (sulfide) groups is 1. The standard InChI is InChI=1S/C47H84NO13PS/c1-4-5-6-7-8-9-10-14-17-20-23-26-31-44(43(51)30-28-32-45(52)53)63-38-42(48)47(55)61-41(37-60-62(56,57)59-35-40(50)34-49)36-58-46(54)33-27-24-21-18-15-12-11-13-16-19-22-25-29-39(2)3/h8-9,14,17,20,23,26,31,39-44,49-51H,4-7,10-13,15-16,18-19,21-22,24-25,27-30,32-38,48H2,1-3H3,(H,52,53)(H,56,57)/b9-8-,17-14-,23-20+,31-26+/t40-,41+,42-,43-,44+/m0/s1. The lowest BCUT2D eigenvalue weighted by Gasteiger charge is -2.23. The first kappa shape index (κ1) is 60.7. The average Bonchev–Trinajstić information content (AvgIpc) is 3.24. The number of aliphatic hydroxyl groups excluding tert-OH is 3. The van der Waals surface area contributed by atoms with Crippen molar-refractivity contribution in [2.24, 2.45) is 11.7 Å². The van der Waals surface area contributed by atoms with Crippen LogP contribution in [0.25, 0.3) is 0 Å².